The molecule has 1 aromatic carbocycles. The molecule has 5 rings (SSSR count). The molecule has 0 saturated carbocycles. The second kappa shape index (κ2) is 7.79. The van der Waals surface area contributed by atoms with Gasteiger partial charge in [0.1, 0.15) is 15.5 Å². The molecule has 0 spiro atoms. The normalized spacial score (nSPS) is 21.2. The van der Waals surface area contributed by atoms with Crippen LogP contribution in [0.5, 0.6) is 0 Å². The Kier molecular flexibility index (Phi) is 5.08. The Morgan fingerprint density at radius 2 is 1.65 bits per heavy atom. The molecule has 162 valence electrons. The minimum Gasteiger partial charge on any atom is -0.342 e. The van der Waals surface area contributed by atoms with Gasteiger partial charge in [-0.3, -0.25) is 4.79 Å². The summed E-state index contributed by atoms with van der Waals surface area (Å²) in [6.07, 6.45) is 6.64. The van der Waals surface area contributed by atoms with Crippen molar-refractivity contribution in [3.05, 3.63) is 72.2 Å². The molecule has 4 heterocycles. The molecule has 2 aliphatic rings. The molecule has 6 nitrogen and oxygen atoms in total. The van der Waals surface area contributed by atoms with Gasteiger partial charge in [-0.2, -0.15) is 0 Å². The summed E-state index contributed by atoms with van der Waals surface area (Å²) in [7, 11) is -2.96. The van der Waals surface area contributed by atoms with Crippen molar-refractivity contribution in [1.82, 2.24) is 14.3 Å². The summed E-state index contributed by atoms with van der Waals surface area (Å²) in [6.45, 7) is 1.32. The van der Waals surface area contributed by atoms with Gasteiger partial charge in [-0.05, 0) is 43.4 Å². The minimum atomic E-state index is -2.96. The summed E-state index contributed by atoms with van der Waals surface area (Å²) in [5.74, 6) is 0.216. The van der Waals surface area contributed by atoms with Crippen LogP contribution in [0, 0.1) is 5.92 Å². The number of piperidine rings is 1. The number of pyridine rings is 1. The van der Waals surface area contributed by atoms with Gasteiger partial charge in [-0.25, -0.2) is 13.4 Å². The average Bonchev–Trinajstić information content (AvgIpc) is 3.24. The van der Waals surface area contributed by atoms with Crippen LogP contribution < -0.4 is 0 Å². The van der Waals surface area contributed by atoms with Gasteiger partial charge in [0.2, 0.25) is 5.91 Å². The number of likely N-dealkylation sites (tertiary alicyclic amines) is 1. The molecule has 0 atom stereocenters. The van der Waals surface area contributed by atoms with Gasteiger partial charge in [0.05, 0.1) is 17.2 Å². The van der Waals surface area contributed by atoms with E-state index >= 15 is 0 Å². The van der Waals surface area contributed by atoms with Gasteiger partial charge in [0.15, 0.2) is 0 Å². The number of carbonyl (C=O) groups excluding carboxylic acids is 1. The molecular formula is C24H27N3O3S. The maximum absolute atomic E-state index is 13.1. The zero-order valence-electron chi connectivity index (χ0n) is 17.5. The number of aromatic nitrogens is 2. The molecular weight excluding hydrogens is 410 g/mol. The van der Waals surface area contributed by atoms with Gasteiger partial charge >= 0.3 is 0 Å². The van der Waals surface area contributed by atoms with Crippen molar-refractivity contribution >= 4 is 21.4 Å². The van der Waals surface area contributed by atoms with Crippen LogP contribution in [0.4, 0.5) is 0 Å². The van der Waals surface area contributed by atoms with E-state index in [1.54, 1.807) is 0 Å². The molecule has 3 aromatic rings. The van der Waals surface area contributed by atoms with Gasteiger partial charge in [0, 0.05) is 36.8 Å². The number of fused-ring (bicyclic) bond motifs is 1. The molecule has 0 unspecified atom stereocenters. The van der Waals surface area contributed by atoms with Gasteiger partial charge in [-0.15, -0.1) is 0 Å². The van der Waals surface area contributed by atoms with Crippen LogP contribution in [0.15, 0.2) is 60.9 Å². The zero-order valence-corrected chi connectivity index (χ0v) is 18.3. The van der Waals surface area contributed by atoms with Crippen LogP contribution >= 0.6 is 0 Å². The Morgan fingerprint density at radius 1 is 0.968 bits per heavy atom. The Balaban J connectivity index is 1.41. The molecule has 31 heavy (non-hydrogen) atoms. The first-order chi connectivity index (χ1) is 15.0. The van der Waals surface area contributed by atoms with Crippen LogP contribution in [0.1, 0.15) is 36.9 Å². The second-order valence-electron chi connectivity index (χ2n) is 8.79. The fraction of sp³-hybridized carbons (Fsp3) is 0.417. The lowest BCUT2D eigenvalue weighted by Crippen LogP contribution is -2.48. The van der Waals surface area contributed by atoms with Crippen molar-refractivity contribution < 1.29 is 13.2 Å². The van der Waals surface area contributed by atoms with Crippen LogP contribution in [-0.4, -0.2) is 53.2 Å². The molecule has 2 fully saturated rings. The monoisotopic (exact) mass is 437 g/mol. The largest absolute Gasteiger partial charge is 0.342 e. The molecule has 2 aromatic heterocycles. The molecule has 0 N–H and O–H groups in total. The maximum atomic E-state index is 13.1. The number of carbonyl (C=O) groups is 1. The number of rotatable bonds is 3. The van der Waals surface area contributed by atoms with Crippen LogP contribution in [0.2, 0.25) is 0 Å². The highest BCUT2D eigenvalue weighted by Crippen LogP contribution is 2.41. The highest BCUT2D eigenvalue weighted by atomic mass is 32.2. The maximum Gasteiger partial charge on any atom is 0.225 e. The highest BCUT2D eigenvalue weighted by Gasteiger charge is 2.42. The number of sulfone groups is 1. The Hall–Kier alpha value is -2.67. The molecule has 2 aliphatic heterocycles. The highest BCUT2D eigenvalue weighted by molar-refractivity contribution is 7.91. The molecule has 0 radical (unpaired) electrons. The van der Waals surface area contributed by atoms with E-state index in [1.165, 1.54) is 5.56 Å². The van der Waals surface area contributed by atoms with Crippen molar-refractivity contribution in [3.63, 3.8) is 0 Å². The summed E-state index contributed by atoms with van der Waals surface area (Å²) in [5, 5.41) is 0. The van der Waals surface area contributed by atoms with Crippen molar-refractivity contribution in [2.75, 3.05) is 24.6 Å². The van der Waals surface area contributed by atoms with Crippen molar-refractivity contribution in [1.29, 1.82) is 0 Å². The summed E-state index contributed by atoms with van der Waals surface area (Å²) in [5.41, 5.74) is 2.96. The molecule has 1 amide bonds. The van der Waals surface area contributed by atoms with Crippen LogP contribution in [-0.2, 0) is 20.0 Å². The van der Waals surface area contributed by atoms with Crippen LogP contribution in [0.25, 0.3) is 5.65 Å². The smallest absolute Gasteiger partial charge is 0.225 e. The standard InChI is InChI=1S/C24H27N3O3S/c28-23(19-9-16-31(29,30)17-10-19)26-14-11-24(12-15-26,20-6-2-1-3-7-20)21-18-27-13-5-4-8-22(27)25-21/h1-8,13,18-19H,9-12,14-17H2. The van der Waals surface area contributed by atoms with Crippen molar-refractivity contribution in [2.24, 2.45) is 5.92 Å². The van der Waals surface area contributed by atoms with E-state index in [2.05, 4.69) is 34.9 Å². The van der Waals surface area contributed by atoms with Crippen molar-refractivity contribution in [2.45, 2.75) is 31.1 Å². The summed E-state index contributed by atoms with van der Waals surface area (Å²) in [4.78, 5) is 20.0. The first-order valence-corrected chi connectivity index (χ1v) is 12.8. The predicted octanol–water partition coefficient (Wildman–Crippen LogP) is 3.07. The Bertz CT molecular complexity index is 1150. The lowest BCUT2D eigenvalue weighted by Gasteiger charge is -2.42. The third-order valence-corrected chi connectivity index (χ3v) is 8.73. The number of hydrogen-bond acceptors (Lipinski definition) is 4. The first kappa shape index (κ1) is 20.2. The fourth-order valence-electron chi connectivity index (χ4n) is 5.12. The molecule has 0 aliphatic carbocycles. The number of benzene rings is 1. The average molecular weight is 438 g/mol. The van der Waals surface area contributed by atoms with E-state index in [1.807, 2.05) is 35.4 Å². The summed E-state index contributed by atoms with van der Waals surface area (Å²) >= 11 is 0. The Morgan fingerprint density at radius 3 is 2.32 bits per heavy atom. The number of hydrogen-bond donors (Lipinski definition) is 0. The third kappa shape index (κ3) is 3.76. The Labute approximate surface area is 182 Å². The third-order valence-electron chi connectivity index (χ3n) is 7.01. The number of nitrogens with zero attached hydrogens (tertiary/aromatic N) is 3. The second-order valence-corrected chi connectivity index (χ2v) is 11.1. The fourth-order valence-corrected chi connectivity index (χ4v) is 6.61. The SMILES string of the molecule is O=C(C1CCS(=O)(=O)CC1)N1CCC(c2ccccc2)(c2cn3ccccc3n2)CC1. The molecule has 7 heteroatoms. The van der Waals surface area contributed by atoms with E-state index in [9.17, 15) is 13.2 Å². The summed E-state index contributed by atoms with van der Waals surface area (Å²) in [6, 6.07) is 16.5. The molecule has 0 bridgehead atoms. The van der Waals surface area contributed by atoms with Gasteiger partial charge in [-0.1, -0.05) is 36.4 Å². The minimum absolute atomic E-state index is 0.117. The van der Waals surface area contributed by atoms with E-state index < -0.39 is 9.84 Å². The zero-order chi connectivity index (χ0) is 21.5. The topological polar surface area (TPSA) is 71.8 Å². The number of amides is 1. The van der Waals surface area contributed by atoms with Gasteiger partial charge < -0.3 is 9.30 Å². The van der Waals surface area contributed by atoms with E-state index in [0.717, 1.165) is 24.2 Å². The van der Waals surface area contributed by atoms with E-state index in [-0.39, 0.29) is 28.7 Å². The lowest BCUT2D eigenvalue weighted by atomic mass is 9.70. The van der Waals surface area contributed by atoms with E-state index in [4.69, 9.17) is 4.98 Å². The molecule has 2 saturated heterocycles. The van der Waals surface area contributed by atoms with E-state index in [0.29, 0.717) is 25.9 Å². The van der Waals surface area contributed by atoms with Crippen molar-refractivity contribution in [3.8, 4) is 0 Å². The lowest BCUT2D eigenvalue weighted by molar-refractivity contribution is -0.137. The quantitative estimate of drug-likeness (QED) is 0.631. The number of imidazole rings is 1. The van der Waals surface area contributed by atoms with Crippen LogP contribution in [0.3, 0.4) is 0 Å². The predicted molar refractivity (Wildman–Crippen MR) is 120 cm³/mol. The van der Waals surface area contributed by atoms with Gasteiger partial charge in [0.25, 0.3) is 0 Å². The first-order valence-electron chi connectivity index (χ1n) is 11.0. The summed E-state index contributed by atoms with van der Waals surface area (Å²) < 4.78 is 25.5.